The molecule has 2 rings (SSSR count). The van der Waals surface area contributed by atoms with E-state index in [0.717, 1.165) is 11.1 Å². The lowest BCUT2D eigenvalue weighted by molar-refractivity contribution is -0.140. The first-order valence-electron chi connectivity index (χ1n) is 9.79. The fourth-order valence-corrected chi connectivity index (χ4v) is 3.00. The average molecular weight is 386 g/mol. The van der Waals surface area contributed by atoms with Crippen molar-refractivity contribution in [2.45, 2.75) is 53.3 Å². The summed E-state index contributed by atoms with van der Waals surface area (Å²) < 4.78 is 11.7. The highest BCUT2D eigenvalue weighted by Gasteiger charge is 2.18. The van der Waals surface area contributed by atoms with Crippen LogP contribution in [0, 0.1) is 12.8 Å². The van der Waals surface area contributed by atoms with Crippen molar-refractivity contribution >= 4 is 5.97 Å². The molecule has 2 N–H and O–H groups in total. The Morgan fingerprint density at radius 1 is 1.07 bits per heavy atom. The highest BCUT2D eigenvalue weighted by atomic mass is 16.5. The second-order valence-corrected chi connectivity index (χ2v) is 7.39. The highest BCUT2D eigenvalue weighted by molar-refractivity contribution is 5.73. The number of aryl methyl sites for hydroxylation is 1. The Kier molecular flexibility index (Phi) is 8.33. The molecule has 0 bridgehead atoms. The molecule has 28 heavy (non-hydrogen) atoms. The standard InChI is InChI=1S/C23H31NO4/c1-5-27-22-13-18(14-24-20(23(25)26)11-16(2)3)9-10-21(22)28-15-19-8-6-7-17(4)12-19/h6-10,12-13,16,20,24H,5,11,14-15H2,1-4H3,(H,25,26). The predicted octanol–water partition coefficient (Wildman–Crippen LogP) is 4.56. The van der Waals surface area contributed by atoms with Gasteiger partial charge in [-0.3, -0.25) is 4.79 Å². The zero-order chi connectivity index (χ0) is 20.5. The third-order valence-electron chi connectivity index (χ3n) is 4.34. The number of benzene rings is 2. The Bertz CT molecular complexity index is 773. The number of carbonyl (C=O) groups is 1. The second-order valence-electron chi connectivity index (χ2n) is 7.39. The summed E-state index contributed by atoms with van der Waals surface area (Å²) in [6.07, 6.45) is 0.589. The van der Waals surface area contributed by atoms with Crippen LogP contribution in [0.4, 0.5) is 0 Å². The van der Waals surface area contributed by atoms with E-state index in [0.29, 0.717) is 43.6 Å². The van der Waals surface area contributed by atoms with Crippen LogP contribution in [0.5, 0.6) is 11.5 Å². The number of carboxylic acids is 1. The normalized spacial score (nSPS) is 12.0. The molecule has 152 valence electrons. The van der Waals surface area contributed by atoms with Crippen LogP contribution in [0.25, 0.3) is 0 Å². The summed E-state index contributed by atoms with van der Waals surface area (Å²) in [5.74, 6) is 0.844. The van der Waals surface area contributed by atoms with E-state index in [1.54, 1.807) is 0 Å². The highest BCUT2D eigenvalue weighted by Crippen LogP contribution is 2.29. The summed E-state index contributed by atoms with van der Waals surface area (Å²) in [4.78, 5) is 11.4. The summed E-state index contributed by atoms with van der Waals surface area (Å²) in [6, 6.07) is 13.4. The minimum Gasteiger partial charge on any atom is -0.490 e. The van der Waals surface area contributed by atoms with Gasteiger partial charge in [-0.1, -0.05) is 49.7 Å². The van der Waals surface area contributed by atoms with Crippen LogP contribution in [0.15, 0.2) is 42.5 Å². The molecule has 5 nitrogen and oxygen atoms in total. The Balaban J connectivity index is 2.05. The third-order valence-corrected chi connectivity index (χ3v) is 4.34. The quantitative estimate of drug-likeness (QED) is 0.593. The lowest BCUT2D eigenvalue weighted by Crippen LogP contribution is -2.37. The van der Waals surface area contributed by atoms with Crippen LogP contribution in [0.1, 0.15) is 43.9 Å². The summed E-state index contributed by atoms with van der Waals surface area (Å²) in [7, 11) is 0. The monoisotopic (exact) mass is 385 g/mol. The van der Waals surface area contributed by atoms with Crippen LogP contribution in [-0.4, -0.2) is 23.7 Å². The minimum atomic E-state index is -0.822. The second kappa shape index (κ2) is 10.7. The summed E-state index contributed by atoms with van der Waals surface area (Å²) >= 11 is 0. The first-order valence-corrected chi connectivity index (χ1v) is 9.79. The molecular weight excluding hydrogens is 354 g/mol. The molecule has 0 aliphatic heterocycles. The molecular formula is C23H31NO4. The fraction of sp³-hybridized carbons (Fsp3) is 0.435. The van der Waals surface area contributed by atoms with E-state index >= 15 is 0 Å². The zero-order valence-corrected chi connectivity index (χ0v) is 17.2. The Morgan fingerprint density at radius 2 is 1.86 bits per heavy atom. The van der Waals surface area contributed by atoms with Crippen molar-refractivity contribution in [1.29, 1.82) is 0 Å². The van der Waals surface area contributed by atoms with Crippen molar-refractivity contribution in [3.05, 3.63) is 59.2 Å². The Labute approximate surface area is 167 Å². The van der Waals surface area contributed by atoms with E-state index in [4.69, 9.17) is 9.47 Å². The lowest BCUT2D eigenvalue weighted by atomic mass is 10.0. The molecule has 0 spiro atoms. The van der Waals surface area contributed by atoms with Crippen molar-refractivity contribution in [2.24, 2.45) is 5.92 Å². The van der Waals surface area contributed by atoms with E-state index in [1.807, 2.05) is 51.1 Å². The van der Waals surface area contributed by atoms with E-state index in [-0.39, 0.29) is 0 Å². The molecule has 0 aliphatic rings. The topological polar surface area (TPSA) is 67.8 Å². The van der Waals surface area contributed by atoms with Gasteiger partial charge in [0, 0.05) is 6.54 Å². The van der Waals surface area contributed by atoms with Gasteiger partial charge in [0.15, 0.2) is 11.5 Å². The molecule has 0 aliphatic carbocycles. The van der Waals surface area contributed by atoms with Gasteiger partial charge in [0.2, 0.25) is 0 Å². The maximum Gasteiger partial charge on any atom is 0.320 e. The number of hydrogen-bond acceptors (Lipinski definition) is 4. The number of hydrogen-bond donors (Lipinski definition) is 2. The summed E-state index contributed by atoms with van der Waals surface area (Å²) in [5.41, 5.74) is 3.26. The van der Waals surface area contributed by atoms with E-state index < -0.39 is 12.0 Å². The number of rotatable bonds is 11. The Morgan fingerprint density at radius 3 is 2.50 bits per heavy atom. The van der Waals surface area contributed by atoms with Gasteiger partial charge in [-0.15, -0.1) is 0 Å². The molecule has 0 heterocycles. The van der Waals surface area contributed by atoms with E-state index in [9.17, 15) is 9.90 Å². The lowest BCUT2D eigenvalue weighted by Gasteiger charge is -2.18. The predicted molar refractivity (Wildman–Crippen MR) is 111 cm³/mol. The van der Waals surface area contributed by atoms with Crippen LogP contribution in [0.3, 0.4) is 0 Å². The molecule has 1 atom stereocenters. The molecule has 2 aromatic carbocycles. The number of aliphatic carboxylic acids is 1. The molecule has 0 saturated carbocycles. The first kappa shape index (κ1) is 21.8. The van der Waals surface area contributed by atoms with Gasteiger partial charge in [0.1, 0.15) is 12.6 Å². The molecule has 0 saturated heterocycles. The van der Waals surface area contributed by atoms with Gasteiger partial charge in [-0.05, 0) is 49.4 Å². The fourth-order valence-electron chi connectivity index (χ4n) is 3.00. The van der Waals surface area contributed by atoms with Crippen LogP contribution in [0.2, 0.25) is 0 Å². The number of carboxylic acid groups (broad SMARTS) is 1. The van der Waals surface area contributed by atoms with Gasteiger partial charge < -0.3 is 19.9 Å². The number of nitrogens with one attached hydrogen (secondary N) is 1. The average Bonchev–Trinajstić information content (AvgIpc) is 2.64. The van der Waals surface area contributed by atoms with E-state index in [2.05, 4.69) is 24.4 Å². The maximum atomic E-state index is 11.4. The molecule has 5 heteroatoms. The van der Waals surface area contributed by atoms with Gasteiger partial charge in [-0.2, -0.15) is 0 Å². The smallest absolute Gasteiger partial charge is 0.320 e. The van der Waals surface area contributed by atoms with Crippen molar-refractivity contribution in [2.75, 3.05) is 6.61 Å². The number of ether oxygens (including phenoxy) is 2. The van der Waals surface area contributed by atoms with Crippen molar-refractivity contribution in [3.8, 4) is 11.5 Å². The van der Waals surface area contributed by atoms with Gasteiger partial charge in [0.05, 0.1) is 6.61 Å². The summed E-state index contributed by atoms with van der Waals surface area (Å²) in [5, 5.41) is 12.5. The SMILES string of the molecule is CCOc1cc(CNC(CC(C)C)C(=O)O)ccc1OCc1cccc(C)c1. The molecule has 0 aromatic heterocycles. The zero-order valence-electron chi connectivity index (χ0n) is 17.2. The summed E-state index contributed by atoms with van der Waals surface area (Å²) in [6.45, 7) is 9.48. The van der Waals surface area contributed by atoms with Gasteiger partial charge >= 0.3 is 5.97 Å². The molecule has 0 amide bonds. The molecule has 1 unspecified atom stereocenters. The molecule has 0 radical (unpaired) electrons. The van der Waals surface area contributed by atoms with Crippen molar-refractivity contribution in [1.82, 2.24) is 5.32 Å². The van der Waals surface area contributed by atoms with E-state index in [1.165, 1.54) is 5.56 Å². The Hall–Kier alpha value is -2.53. The van der Waals surface area contributed by atoms with Crippen LogP contribution < -0.4 is 14.8 Å². The maximum absolute atomic E-state index is 11.4. The molecule has 0 fully saturated rings. The van der Waals surface area contributed by atoms with Gasteiger partial charge in [0.25, 0.3) is 0 Å². The largest absolute Gasteiger partial charge is 0.490 e. The minimum absolute atomic E-state index is 0.310. The van der Waals surface area contributed by atoms with Crippen LogP contribution >= 0.6 is 0 Å². The molecule has 2 aromatic rings. The first-order chi connectivity index (χ1) is 13.4. The van der Waals surface area contributed by atoms with Crippen molar-refractivity contribution in [3.63, 3.8) is 0 Å². The third kappa shape index (κ3) is 6.89. The van der Waals surface area contributed by atoms with Crippen LogP contribution in [-0.2, 0) is 17.9 Å². The van der Waals surface area contributed by atoms with Crippen molar-refractivity contribution < 1.29 is 19.4 Å². The van der Waals surface area contributed by atoms with Gasteiger partial charge in [-0.25, -0.2) is 0 Å².